The van der Waals surface area contributed by atoms with Crippen LogP contribution < -0.4 is 5.32 Å². The molecule has 2 rings (SSSR count). The Morgan fingerprint density at radius 2 is 2.00 bits per heavy atom. The first-order valence-electron chi connectivity index (χ1n) is 7.83. The van der Waals surface area contributed by atoms with Crippen LogP contribution in [-0.4, -0.2) is 23.7 Å². The number of nitrogens with one attached hydrogen (secondary N) is 1. The maximum atomic E-state index is 13.0. The van der Waals surface area contributed by atoms with Crippen molar-refractivity contribution >= 4 is 5.91 Å². The third kappa shape index (κ3) is 4.47. The summed E-state index contributed by atoms with van der Waals surface area (Å²) >= 11 is 0. The first-order valence-corrected chi connectivity index (χ1v) is 7.83. The number of rotatable bonds is 6. The molecule has 3 atom stereocenters. The van der Waals surface area contributed by atoms with E-state index in [1.54, 1.807) is 6.07 Å². The van der Waals surface area contributed by atoms with Crippen LogP contribution in [0.15, 0.2) is 24.3 Å². The van der Waals surface area contributed by atoms with Gasteiger partial charge in [-0.15, -0.1) is 0 Å². The van der Waals surface area contributed by atoms with Gasteiger partial charge in [0.05, 0.1) is 11.7 Å². The van der Waals surface area contributed by atoms with Crippen LogP contribution in [0, 0.1) is 11.8 Å². The molecule has 0 aromatic heterocycles. The van der Waals surface area contributed by atoms with E-state index in [9.17, 15) is 23.1 Å². The maximum Gasteiger partial charge on any atom is 0.416 e. The van der Waals surface area contributed by atoms with Crippen molar-refractivity contribution in [3.63, 3.8) is 0 Å². The lowest BCUT2D eigenvalue weighted by Crippen LogP contribution is -2.30. The first-order chi connectivity index (χ1) is 10.7. The molecule has 6 heteroatoms. The van der Waals surface area contributed by atoms with Crippen molar-refractivity contribution in [3.8, 4) is 0 Å². The molecule has 1 amide bonds. The van der Waals surface area contributed by atoms with Crippen molar-refractivity contribution < 1.29 is 23.1 Å². The fourth-order valence-corrected chi connectivity index (χ4v) is 2.71. The number of aliphatic hydroxyl groups excluding tert-OH is 1. The summed E-state index contributed by atoms with van der Waals surface area (Å²) in [5.74, 6) is -0.903. The Kier molecular flexibility index (Phi) is 5.34. The minimum absolute atomic E-state index is 0.110. The molecule has 1 aromatic rings. The van der Waals surface area contributed by atoms with Gasteiger partial charge in [-0.05, 0) is 36.3 Å². The van der Waals surface area contributed by atoms with Crippen LogP contribution in [-0.2, 0) is 11.0 Å². The van der Waals surface area contributed by atoms with Crippen molar-refractivity contribution in [2.45, 2.75) is 44.9 Å². The summed E-state index contributed by atoms with van der Waals surface area (Å²) in [4.78, 5) is 12.0. The number of hydrogen-bond acceptors (Lipinski definition) is 2. The molecule has 128 valence electrons. The van der Waals surface area contributed by atoms with E-state index in [1.807, 2.05) is 13.8 Å². The highest BCUT2D eigenvalue weighted by atomic mass is 19.4. The number of amides is 1. The standard InChI is InChI=1S/C17H22F3NO2/c1-10(2)15(22)7-8-21-16(23)13-9-12(13)11-5-3-4-6-14(11)17(18,19)20/h3-6,10,12-13,15,22H,7-9H2,1-2H3,(H,21,23). The molecular formula is C17H22F3NO2. The highest BCUT2D eigenvalue weighted by molar-refractivity contribution is 5.83. The van der Waals surface area contributed by atoms with Crippen molar-refractivity contribution in [1.29, 1.82) is 0 Å². The minimum atomic E-state index is -4.40. The number of carbonyl (C=O) groups is 1. The highest BCUT2D eigenvalue weighted by Gasteiger charge is 2.47. The lowest BCUT2D eigenvalue weighted by molar-refractivity contribution is -0.138. The van der Waals surface area contributed by atoms with E-state index < -0.39 is 23.8 Å². The molecule has 3 nitrogen and oxygen atoms in total. The fraction of sp³-hybridized carbons (Fsp3) is 0.588. The van der Waals surface area contributed by atoms with Crippen molar-refractivity contribution in [2.24, 2.45) is 11.8 Å². The average Bonchev–Trinajstić information content (AvgIpc) is 3.26. The molecule has 0 bridgehead atoms. The van der Waals surface area contributed by atoms with Gasteiger partial charge < -0.3 is 10.4 Å². The summed E-state index contributed by atoms with van der Waals surface area (Å²) in [6, 6.07) is 5.43. The zero-order valence-electron chi connectivity index (χ0n) is 13.2. The van der Waals surface area contributed by atoms with Gasteiger partial charge in [0.2, 0.25) is 5.91 Å². The van der Waals surface area contributed by atoms with Gasteiger partial charge in [0, 0.05) is 12.5 Å². The fourth-order valence-electron chi connectivity index (χ4n) is 2.71. The SMILES string of the molecule is CC(C)C(O)CCNC(=O)C1CC1c1ccccc1C(F)(F)F. The molecule has 23 heavy (non-hydrogen) atoms. The van der Waals surface area contributed by atoms with Crippen molar-refractivity contribution in [1.82, 2.24) is 5.32 Å². The Morgan fingerprint density at radius 1 is 1.35 bits per heavy atom. The Labute approximate surface area is 133 Å². The second-order valence-corrected chi connectivity index (χ2v) is 6.42. The smallest absolute Gasteiger partial charge is 0.393 e. The van der Waals surface area contributed by atoms with Crippen LogP contribution in [0.5, 0.6) is 0 Å². The van der Waals surface area contributed by atoms with Gasteiger partial charge in [-0.25, -0.2) is 0 Å². The summed E-state index contributed by atoms with van der Waals surface area (Å²) in [7, 11) is 0. The molecule has 0 radical (unpaired) electrons. The van der Waals surface area contributed by atoms with Crippen LogP contribution in [0.1, 0.15) is 43.7 Å². The van der Waals surface area contributed by atoms with E-state index >= 15 is 0 Å². The van der Waals surface area contributed by atoms with Crippen molar-refractivity contribution in [3.05, 3.63) is 35.4 Å². The highest BCUT2D eigenvalue weighted by Crippen LogP contribution is 2.50. The molecule has 3 unspecified atom stereocenters. The molecule has 0 spiro atoms. The third-order valence-electron chi connectivity index (χ3n) is 4.30. The first kappa shape index (κ1) is 17.8. The van der Waals surface area contributed by atoms with Crippen LogP contribution >= 0.6 is 0 Å². The van der Waals surface area contributed by atoms with Gasteiger partial charge in [0.25, 0.3) is 0 Å². The predicted octanol–water partition coefficient (Wildman–Crippen LogP) is 3.33. The van der Waals surface area contributed by atoms with E-state index in [0.29, 0.717) is 19.4 Å². The molecule has 0 saturated heterocycles. The van der Waals surface area contributed by atoms with E-state index in [2.05, 4.69) is 5.32 Å². The molecular weight excluding hydrogens is 307 g/mol. The molecule has 1 aromatic carbocycles. The summed E-state index contributed by atoms with van der Waals surface area (Å²) in [5, 5.41) is 12.4. The molecule has 1 aliphatic rings. The molecule has 0 heterocycles. The number of hydrogen-bond donors (Lipinski definition) is 2. The Balaban J connectivity index is 1.91. The van der Waals surface area contributed by atoms with Gasteiger partial charge in [-0.2, -0.15) is 13.2 Å². The summed E-state index contributed by atoms with van der Waals surface area (Å²) < 4.78 is 39.0. The van der Waals surface area contributed by atoms with E-state index in [4.69, 9.17) is 0 Å². The largest absolute Gasteiger partial charge is 0.416 e. The number of benzene rings is 1. The molecule has 0 aliphatic heterocycles. The van der Waals surface area contributed by atoms with Crippen LogP contribution in [0.3, 0.4) is 0 Å². The lowest BCUT2D eigenvalue weighted by atomic mass is 10.0. The van der Waals surface area contributed by atoms with E-state index in [1.165, 1.54) is 12.1 Å². The quantitative estimate of drug-likeness (QED) is 0.841. The van der Waals surface area contributed by atoms with Crippen molar-refractivity contribution in [2.75, 3.05) is 6.54 Å². The average molecular weight is 329 g/mol. The molecule has 1 fully saturated rings. The predicted molar refractivity (Wildman–Crippen MR) is 80.8 cm³/mol. The number of alkyl halides is 3. The lowest BCUT2D eigenvalue weighted by Gasteiger charge is -2.15. The number of carbonyl (C=O) groups excluding carboxylic acids is 1. The van der Waals surface area contributed by atoms with Crippen LogP contribution in [0.25, 0.3) is 0 Å². The minimum Gasteiger partial charge on any atom is -0.393 e. The Morgan fingerprint density at radius 3 is 2.61 bits per heavy atom. The number of halogens is 3. The summed E-state index contributed by atoms with van der Waals surface area (Å²) in [6.07, 6.45) is -4.01. The second kappa shape index (κ2) is 6.91. The Bertz CT molecular complexity index is 557. The maximum absolute atomic E-state index is 13.0. The van der Waals surface area contributed by atoms with Crippen LogP contribution in [0.4, 0.5) is 13.2 Å². The number of aliphatic hydroxyl groups is 1. The zero-order valence-corrected chi connectivity index (χ0v) is 13.2. The molecule has 1 saturated carbocycles. The van der Waals surface area contributed by atoms with Gasteiger partial charge >= 0.3 is 6.18 Å². The topological polar surface area (TPSA) is 49.3 Å². The van der Waals surface area contributed by atoms with Crippen LogP contribution in [0.2, 0.25) is 0 Å². The summed E-state index contributed by atoms with van der Waals surface area (Å²) in [5.41, 5.74) is -0.460. The monoisotopic (exact) mass is 329 g/mol. The zero-order chi connectivity index (χ0) is 17.2. The van der Waals surface area contributed by atoms with E-state index in [0.717, 1.165) is 6.07 Å². The van der Waals surface area contributed by atoms with Gasteiger partial charge in [0.15, 0.2) is 0 Å². The second-order valence-electron chi connectivity index (χ2n) is 6.42. The van der Waals surface area contributed by atoms with Gasteiger partial charge in [-0.1, -0.05) is 32.0 Å². The Hall–Kier alpha value is -1.56. The summed E-state index contributed by atoms with van der Waals surface area (Å²) in [6.45, 7) is 4.11. The molecule has 1 aliphatic carbocycles. The van der Waals surface area contributed by atoms with E-state index in [-0.39, 0.29) is 23.3 Å². The van der Waals surface area contributed by atoms with Gasteiger partial charge in [0.1, 0.15) is 0 Å². The van der Waals surface area contributed by atoms with Gasteiger partial charge in [-0.3, -0.25) is 4.79 Å². The normalized spacial score (nSPS) is 22.0. The third-order valence-corrected chi connectivity index (χ3v) is 4.30. The molecule has 2 N–H and O–H groups in total.